The number of aromatic nitrogens is 1. The van der Waals surface area contributed by atoms with Gasteiger partial charge < -0.3 is 0 Å². The summed E-state index contributed by atoms with van der Waals surface area (Å²) in [4.78, 5) is 3.95. The topological polar surface area (TPSA) is 48.7 Å². The van der Waals surface area contributed by atoms with Crippen LogP contribution in [0.2, 0.25) is 0 Å². The van der Waals surface area contributed by atoms with Crippen LogP contribution in [0.1, 0.15) is 22.7 Å². The summed E-state index contributed by atoms with van der Waals surface area (Å²) in [6, 6.07) is 14.0. The van der Waals surface area contributed by atoms with Gasteiger partial charge in [0.2, 0.25) is 0 Å². The Balaban J connectivity index is 2.03. The van der Waals surface area contributed by atoms with Crippen LogP contribution in [0.25, 0.3) is 0 Å². The normalized spacial score (nSPS) is 11.8. The molecule has 1 unspecified atom stereocenters. The van der Waals surface area contributed by atoms with Gasteiger partial charge in [-0.15, -0.1) is 0 Å². The fourth-order valence-electron chi connectivity index (χ4n) is 1.84. The number of nitrogens with one attached hydrogen (secondary N) is 1. The summed E-state index contributed by atoms with van der Waals surface area (Å²) in [7, 11) is 0. The standard InChI is InChI=1S/C15H15N3/c1-12-3-2-4-13(9-12)11-18-15(10-16)14-5-7-17-8-6-14/h2-9,15,18H,11H2,1H3. The van der Waals surface area contributed by atoms with Crippen LogP contribution in [0.4, 0.5) is 0 Å². The average molecular weight is 237 g/mol. The first-order valence-corrected chi connectivity index (χ1v) is 5.88. The number of nitrogens with zero attached hydrogens (tertiary/aromatic N) is 2. The van der Waals surface area contributed by atoms with Crippen molar-refractivity contribution in [3.05, 3.63) is 65.5 Å². The highest BCUT2D eigenvalue weighted by molar-refractivity contribution is 5.24. The van der Waals surface area contributed by atoms with E-state index in [1.807, 2.05) is 18.2 Å². The van der Waals surface area contributed by atoms with Crippen LogP contribution < -0.4 is 5.32 Å². The Labute approximate surface area is 107 Å². The number of nitriles is 1. The molecule has 3 nitrogen and oxygen atoms in total. The fourth-order valence-corrected chi connectivity index (χ4v) is 1.84. The number of hydrogen-bond acceptors (Lipinski definition) is 3. The molecule has 0 radical (unpaired) electrons. The van der Waals surface area contributed by atoms with Crippen LogP contribution in [0, 0.1) is 18.3 Å². The van der Waals surface area contributed by atoms with Crippen LogP contribution in [-0.4, -0.2) is 4.98 Å². The third-order valence-corrected chi connectivity index (χ3v) is 2.76. The lowest BCUT2D eigenvalue weighted by Gasteiger charge is -2.11. The van der Waals surface area contributed by atoms with Crippen LogP contribution in [-0.2, 0) is 6.54 Å². The number of rotatable bonds is 4. The minimum Gasteiger partial charge on any atom is -0.294 e. The van der Waals surface area contributed by atoms with Gasteiger partial charge in [0.1, 0.15) is 6.04 Å². The lowest BCUT2D eigenvalue weighted by atomic mass is 10.1. The van der Waals surface area contributed by atoms with Gasteiger partial charge in [-0.1, -0.05) is 29.8 Å². The molecule has 18 heavy (non-hydrogen) atoms. The zero-order chi connectivity index (χ0) is 12.8. The molecule has 2 rings (SSSR count). The van der Waals surface area contributed by atoms with E-state index in [4.69, 9.17) is 0 Å². The van der Waals surface area contributed by atoms with E-state index in [0.29, 0.717) is 6.54 Å². The predicted molar refractivity (Wildman–Crippen MR) is 70.6 cm³/mol. The van der Waals surface area contributed by atoms with E-state index in [2.05, 4.69) is 41.5 Å². The van der Waals surface area contributed by atoms with E-state index in [-0.39, 0.29) is 6.04 Å². The molecule has 3 heteroatoms. The Morgan fingerprint density at radius 3 is 2.72 bits per heavy atom. The summed E-state index contributed by atoms with van der Waals surface area (Å²) in [5, 5.41) is 12.4. The Hall–Kier alpha value is -2.18. The van der Waals surface area contributed by atoms with Crippen LogP contribution in [0.5, 0.6) is 0 Å². The Morgan fingerprint density at radius 1 is 1.28 bits per heavy atom. The van der Waals surface area contributed by atoms with Gasteiger partial charge in [-0.2, -0.15) is 5.26 Å². The summed E-state index contributed by atoms with van der Waals surface area (Å²) >= 11 is 0. The van der Waals surface area contributed by atoms with Crippen molar-refractivity contribution >= 4 is 0 Å². The zero-order valence-corrected chi connectivity index (χ0v) is 10.3. The summed E-state index contributed by atoms with van der Waals surface area (Å²) in [6.45, 7) is 2.75. The van der Waals surface area contributed by atoms with E-state index in [1.165, 1.54) is 11.1 Å². The summed E-state index contributed by atoms with van der Waals surface area (Å²) < 4.78 is 0. The number of aryl methyl sites for hydroxylation is 1. The van der Waals surface area contributed by atoms with E-state index < -0.39 is 0 Å². The maximum atomic E-state index is 9.18. The van der Waals surface area contributed by atoms with Crippen LogP contribution in [0.15, 0.2) is 48.8 Å². The van der Waals surface area contributed by atoms with Crippen LogP contribution >= 0.6 is 0 Å². The second kappa shape index (κ2) is 5.95. The SMILES string of the molecule is Cc1cccc(CNC(C#N)c2ccncc2)c1. The highest BCUT2D eigenvalue weighted by atomic mass is 14.9. The molecule has 1 heterocycles. The lowest BCUT2D eigenvalue weighted by Crippen LogP contribution is -2.19. The zero-order valence-electron chi connectivity index (χ0n) is 10.3. The largest absolute Gasteiger partial charge is 0.294 e. The molecule has 0 saturated heterocycles. The second-order valence-electron chi connectivity index (χ2n) is 4.21. The van der Waals surface area contributed by atoms with E-state index in [1.54, 1.807) is 12.4 Å². The summed E-state index contributed by atoms with van der Waals surface area (Å²) in [5.41, 5.74) is 3.36. The maximum absolute atomic E-state index is 9.18. The molecule has 0 bridgehead atoms. The van der Waals surface area contributed by atoms with Gasteiger partial charge in [0, 0.05) is 18.9 Å². The highest BCUT2D eigenvalue weighted by Gasteiger charge is 2.08. The Bertz CT molecular complexity index is 543. The number of pyridine rings is 1. The van der Waals surface area contributed by atoms with Crippen molar-refractivity contribution in [2.75, 3.05) is 0 Å². The molecule has 1 aromatic heterocycles. The van der Waals surface area contributed by atoms with Gasteiger partial charge in [0.15, 0.2) is 0 Å². The highest BCUT2D eigenvalue weighted by Crippen LogP contribution is 2.12. The van der Waals surface area contributed by atoms with Crippen LogP contribution in [0.3, 0.4) is 0 Å². The van der Waals surface area contributed by atoms with Crippen molar-refractivity contribution in [1.82, 2.24) is 10.3 Å². The maximum Gasteiger partial charge on any atom is 0.121 e. The lowest BCUT2D eigenvalue weighted by molar-refractivity contribution is 0.629. The molecule has 1 N–H and O–H groups in total. The molecular weight excluding hydrogens is 222 g/mol. The van der Waals surface area contributed by atoms with E-state index in [0.717, 1.165) is 5.56 Å². The van der Waals surface area contributed by atoms with E-state index >= 15 is 0 Å². The van der Waals surface area contributed by atoms with Crippen molar-refractivity contribution < 1.29 is 0 Å². The first-order chi connectivity index (χ1) is 8.79. The molecule has 1 atom stereocenters. The molecule has 0 aliphatic heterocycles. The third-order valence-electron chi connectivity index (χ3n) is 2.76. The monoisotopic (exact) mass is 237 g/mol. The molecule has 0 saturated carbocycles. The van der Waals surface area contributed by atoms with Crippen molar-refractivity contribution in [1.29, 1.82) is 5.26 Å². The molecule has 1 aromatic carbocycles. The van der Waals surface area contributed by atoms with Crippen molar-refractivity contribution in [2.45, 2.75) is 19.5 Å². The molecule has 2 aromatic rings. The second-order valence-corrected chi connectivity index (χ2v) is 4.21. The average Bonchev–Trinajstić information content (AvgIpc) is 2.41. The number of hydrogen-bond donors (Lipinski definition) is 1. The van der Waals surface area contributed by atoms with E-state index in [9.17, 15) is 5.26 Å². The molecule has 0 amide bonds. The van der Waals surface area contributed by atoms with Gasteiger partial charge in [-0.25, -0.2) is 0 Å². The quantitative estimate of drug-likeness (QED) is 0.889. The first kappa shape index (κ1) is 12.3. The minimum atomic E-state index is -0.298. The minimum absolute atomic E-state index is 0.298. The predicted octanol–water partition coefficient (Wildman–Crippen LogP) is 2.74. The molecule has 0 aliphatic rings. The van der Waals surface area contributed by atoms with Gasteiger partial charge in [0.05, 0.1) is 6.07 Å². The summed E-state index contributed by atoms with van der Waals surface area (Å²) in [5.74, 6) is 0. The van der Waals surface area contributed by atoms with Crippen molar-refractivity contribution in [3.63, 3.8) is 0 Å². The molecular formula is C15H15N3. The number of benzene rings is 1. The Morgan fingerprint density at radius 2 is 2.06 bits per heavy atom. The van der Waals surface area contributed by atoms with Crippen molar-refractivity contribution in [2.24, 2.45) is 0 Å². The molecule has 0 fully saturated rings. The van der Waals surface area contributed by atoms with Gasteiger partial charge in [-0.05, 0) is 30.2 Å². The first-order valence-electron chi connectivity index (χ1n) is 5.88. The Kier molecular flexibility index (Phi) is 4.06. The van der Waals surface area contributed by atoms with Gasteiger partial charge >= 0.3 is 0 Å². The molecule has 90 valence electrons. The van der Waals surface area contributed by atoms with Crippen molar-refractivity contribution in [3.8, 4) is 6.07 Å². The summed E-state index contributed by atoms with van der Waals surface area (Å²) in [6.07, 6.45) is 3.40. The smallest absolute Gasteiger partial charge is 0.121 e. The third kappa shape index (κ3) is 3.16. The fraction of sp³-hybridized carbons (Fsp3) is 0.200. The van der Waals surface area contributed by atoms with Gasteiger partial charge in [0.25, 0.3) is 0 Å². The molecule has 0 spiro atoms. The van der Waals surface area contributed by atoms with Gasteiger partial charge in [-0.3, -0.25) is 10.3 Å². The molecule has 0 aliphatic carbocycles.